The van der Waals surface area contributed by atoms with Crippen LogP contribution in [0.15, 0.2) is 23.7 Å². The molecule has 2 rings (SSSR count). The van der Waals surface area contributed by atoms with Crippen molar-refractivity contribution >= 4 is 22.9 Å². The Morgan fingerprint density at radius 2 is 2.36 bits per heavy atom. The predicted octanol–water partition coefficient (Wildman–Crippen LogP) is 2.10. The van der Waals surface area contributed by atoms with Gasteiger partial charge in [-0.15, -0.1) is 11.3 Å². The molecule has 2 heterocycles. The number of nitrogens with zero attached hydrogens (tertiary/aromatic N) is 2. The maximum atomic E-state index is 5.99. The summed E-state index contributed by atoms with van der Waals surface area (Å²) < 4.78 is 1.87. The SMILES string of the molecule is NCc1ccnn1Cc1sccc1Cl. The largest absolute Gasteiger partial charge is 0.325 e. The van der Waals surface area contributed by atoms with Crippen molar-refractivity contribution < 1.29 is 0 Å². The summed E-state index contributed by atoms with van der Waals surface area (Å²) in [5, 5.41) is 6.96. The van der Waals surface area contributed by atoms with E-state index in [4.69, 9.17) is 17.3 Å². The highest BCUT2D eigenvalue weighted by Gasteiger charge is 2.05. The van der Waals surface area contributed by atoms with E-state index in [9.17, 15) is 0 Å². The number of rotatable bonds is 3. The van der Waals surface area contributed by atoms with E-state index in [1.165, 1.54) is 0 Å². The Bertz CT molecular complexity index is 421. The molecule has 0 atom stereocenters. The second-order valence-corrected chi connectivity index (χ2v) is 4.28. The topological polar surface area (TPSA) is 43.8 Å². The first-order valence-electron chi connectivity index (χ1n) is 4.24. The van der Waals surface area contributed by atoms with Gasteiger partial charge in [0.15, 0.2) is 0 Å². The summed E-state index contributed by atoms with van der Waals surface area (Å²) in [5.41, 5.74) is 6.59. The third-order valence-electron chi connectivity index (χ3n) is 2.00. The molecule has 0 aliphatic carbocycles. The third kappa shape index (κ3) is 1.82. The quantitative estimate of drug-likeness (QED) is 0.873. The molecular formula is C9H10ClN3S. The summed E-state index contributed by atoms with van der Waals surface area (Å²) in [7, 11) is 0. The number of aromatic nitrogens is 2. The number of thiophene rings is 1. The Kier molecular flexibility index (Phi) is 2.86. The van der Waals surface area contributed by atoms with Crippen LogP contribution < -0.4 is 5.73 Å². The summed E-state index contributed by atoms with van der Waals surface area (Å²) in [6, 6.07) is 3.81. The molecule has 0 saturated heterocycles. The lowest BCUT2D eigenvalue weighted by Gasteiger charge is -2.04. The third-order valence-corrected chi connectivity index (χ3v) is 3.37. The minimum atomic E-state index is 0.503. The first-order valence-corrected chi connectivity index (χ1v) is 5.49. The molecule has 0 aromatic carbocycles. The second kappa shape index (κ2) is 4.13. The van der Waals surface area contributed by atoms with Gasteiger partial charge in [-0.05, 0) is 17.5 Å². The van der Waals surface area contributed by atoms with E-state index >= 15 is 0 Å². The second-order valence-electron chi connectivity index (χ2n) is 2.88. The van der Waals surface area contributed by atoms with Crippen LogP contribution in [0.3, 0.4) is 0 Å². The van der Waals surface area contributed by atoms with Gasteiger partial charge in [-0.3, -0.25) is 4.68 Å². The molecule has 2 aromatic rings. The molecule has 0 radical (unpaired) electrons. The number of halogens is 1. The van der Waals surface area contributed by atoms with Crippen molar-refractivity contribution in [3.63, 3.8) is 0 Å². The Hall–Kier alpha value is -0.840. The van der Waals surface area contributed by atoms with E-state index in [1.807, 2.05) is 22.2 Å². The molecule has 3 nitrogen and oxygen atoms in total. The van der Waals surface area contributed by atoms with Crippen LogP contribution in [-0.2, 0) is 13.1 Å². The van der Waals surface area contributed by atoms with Gasteiger partial charge in [-0.25, -0.2) is 0 Å². The predicted molar refractivity (Wildman–Crippen MR) is 58.5 cm³/mol. The summed E-state index contributed by atoms with van der Waals surface area (Å²) in [6.45, 7) is 1.21. The Morgan fingerprint density at radius 3 is 3.00 bits per heavy atom. The van der Waals surface area contributed by atoms with Crippen molar-refractivity contribution in [1.82, 2.24) is 9.78 Å². The normalized spacial score (nSPS) is 10.7. The number of hydrogen-bond acceptors (Lipinski definition) is 3. The van der Waals surface area contributed by atoms with Crippen LogP contribution in [0, 0.1) is 0 Å². The van der Waals surface area contributed by atoms with Crippen LogP contribution >= 0.6 is 22.9 Å². The lowest BCUT2D eigenvalue weighted by atomic mass is 10.4. The summed E-state index contributed by atoms with van der Waals surface area (Å²) in [5.74, 6) is 0. The standard InChI is InChI=1S/C9H10ClN3S/c10-8-2-4-14-9(8)6-13-7(5-11)1-3-12-13/h1-4H,5-6,11H2. The molecule has 14 heavy (non-hydrogen) atoms. The molecular weight excluding hydrogens is 218 g/mol. The fourth-order valence-electron chi connectivity index (χ4n) is 1.25. The van der Waals surface area contributed by atoms with Crippen molar-refractivity contribution in [3.8, 4) is 0 Å². The van der Waals surface area contributed by atoms with E-state index in [-0.39, 0.29) is 0 Å². The van der Waals surface area contributed by atoms with Crippen molar-refractivity contribution in [2.45, 2.75) is 13.1 Å². The molecule has 5 heteroatoms. The maximum absolute atomic E-state index is 5.99. The minimum Gasteiger partial charge on any atom is -0.325 e. The van der Waals surface area contributed by atoms with Gasteiger partial charge < -0.3 is 5.73 Å². The molecule has 74 valence electrons. The number of nitrogens with two attached hydrogens (primary N) is 1. The van der Waals surface area contributed by atoms with Crippen LogP contribution in [0.4, 0.5) is 0 Å². The Morgan fingerprint density at radius 1 is 1.50 bits per heavy atom. The van der Waals surface area contributed by atoms with Gasteiger partial charge in [0.1, 0.15) is 0 Å². The summed E-state index contributed by atoms with van der Waals surface area (Å²) in [6.07, 6.45) is 1.75. The van der Waals surface area contributed by atoms with Crippen molar-refractivity contribution in [1.29, 1.82) is 0 Å². The van der Waals surface area contributed by atoms with Crippen molar-refractivity contribution in [2.75, 3.05) is 0 Å². The van der Waals surface area contributed by atoms with Crippen LogP contribution in [0.1, 0.15) is 10.6 Å². The highest BCUT2D eigenvalue weighted by molar-refractivity contribution is 7.10. The number of hydrogen-bond donors (Lipinski definition) is 1. The lowest BCUT2D eigenvalue weighted by Crippen LogP contribution is -2.09. The van der Waals surface area contributed by atoms with Crippen LogP contribution in [0.5, 0.6) is 0 Å². The monoisotopic (exact) mass is 227 g/mol. The van der Waals surface area contributed by atoms with E-state index in [0.29, 0.717) is 13.1 Å². The van der Waals surface area contributed by atoms with E-state index in [2.05, 4.69) is 5.10 Å². The van der Waals surface area contributed by atoms with Crippen LogP contribution in [0.2, 0.25) is 5.02 Å². The fraction of sp³-hybridized carbons (Fsp3) is 0.222. The van der Waals surface area contributed by atoms with E-state index in [1.54, 1.807) is 17.5 Å². The average Bonchev–Trinajstić information content (AvgIpc) is 2.77. The van der Waals surface area contributed by atoms with Gasteiger partial charge in [-0.2, -0.15) is 5.10 Å². The smallest absolute Gasteiger partial charge is 0.0770 e. The van der Waals surface area contributed by atoms with Gasteiger partial charge in [0.25, 0.3) is 0 Å². The highest BCUT2D eigenvalue weighted by atomic mass is 35.5. The first kappa shape index (κ1) is 9.71. The van der Waals surface area contributed by atoms with Crippen LogP contribution in [-0.4, -0.2) is 9.78 Å². The van der Waals surface area contributed by atoms with Crippen molar-refractivity contribution in [2.24, 2.45) is 5.73 Å². The summed E-state index contributed by atoms with van der Waals surface area (Å²) in [4.78, 5) is 1.12. The zero-order valence-electron chi connectivity index (χ0n) is 7.48. The van der Waals surface area contributed by atoms with Gasteiger partial charge in [0.2, 0.25) is 0 Å². The molecule has 0 fully saturated rings. The van der Waals surface area contributed by atoms with Crippen LogP contribution in [0.25, 0.3) is 0 Å². The Balaban J connectivity index is 2.22. The minimum absolute atomic E-state index is 0.503. The van der Waals surface area contributed by atoms with Gasteiger partial charge in [0, 0.05) is 17.6 Å². The Labute approximate surface area is 91.1 Å². The highest BCUT2D eigenvalue weighted by Crippen LogP contribution is 2.22. The van der Waals surface area contributed by atoms with E-state index in [0.717, 1.165) is 15.6 Å². The molecule has 0 amide bonds. The molecule has 2 N–H and O–H groups in total. The van der Waals surface area contributed by atoms with E-state index < -0.39 is 0 Å². The average molecular weight is 228 g/mol. The maximum Gasteiger partial charge on any atom is 0.0770 e. The van der Waals surface area contributed by atoms with Gasteiger partial charge in [0.05, 0.1) is 17.3 Å². The molecule has 0 unspecified atom stereocenters. The molecule has 0 bridgehead atoms. The summed E-state index contributed by atoms with van der Waals surface area (Å²) >= 11 is 7.62. The molecule has 2 aromatic heterocycles. The molecule has 0 aliphatic heterocycles. The molecule has 0 spiro atoms. The molecule has 0 saturated carbocycles. The zero-order valence-corrected chi connectivity index (χ0v) is 9.05. The van der Waals surface area contributed by atoms with Gasteiger partial charge >= 0.3 is 0 Å². The van der Waals surface area contributed by atoms with Crippen molar-refractivity contribution in [3.05, 3.63) is 39.3 Å². The zero-order chi connectivity index (χ0) is 9.97. The molecule has 0 aliphatic rings. The fourth-order valence-corrected chi connectivity index (χ4v) is 2.33. The first-order chi connectivity index (χ1) is 6.81. The van der Waals surface area contributed by atoms with Gasteiger partial charge in [-0.1, -0.05) is 11.6 Å². The lowest BCUT2D eigenvalue weighted by molar-refractivity contribution is 0.652.